The number of nitrogens with zero attached hydrogens (tertiary/aromatic N) is 1. The van der Waals surface area contributed by atoms with Gasteiger partial charge in [-0.1, -0.05) is 13.0 Å². The number of hydrogen-bond donors (Lipinski definition) is 2. The van der Waals surface area contributed by atoms with E-state index in [1.165, 1.54) is 42.5 Å². The molecular weight excluding hydrogens is 460 g/mol. The van der Waals surface area contributed by atoms with Crippen LogP contribution in [0.4, 0.5) is 14.5 Å². The summed E-state index contributed by atoms with van der Waals surface area (Å²) in [6.07, 6.45) is 0.485. The largest absolute Gasteiger partial charge is 0.435 e. The molecule has 2 aromatic carbocycles. The van der Waals surface area contributed by atoms with Gasteiger partial charge < -0.3 is 4.74 Å². The average molecular weight is 480 g/mol. The molecule has 0 bridgehead atoms. The maximum absolute atomic E-state index is 12.4. The molecule has 1 amide bonds. The Bertz CT molecular complexity index is 1180. The van der Waals surface area contributed by atoms with Crippen LogP contribution in [-0.2, 0) is 10.0 Å². The van der Waals surface area contributed by atoms with Gasteiger partial charge in [0.1, 0.15) is 9.96 Å². The summed E-state index contributed by atoms with van der Waals surface area (Å²) in [5, 5.41) is 5.78. The Hall–Kier alpha value is -3.31. The first-order valence-electron chi connectivity index (χ1n) is 9.37. The second-order valence-corrected chi connectivity index (χ2v) is 9.23. The minimum absolute atomic E-state index is 0.0260. The molecule has 2 N–H and O–H groups in total. The molecule has 0 aliphatic carbocycles. The Balaban J connectivity index is 1.65. The monoisotopic (exact) mass is 479 g/mol. The number of amides is 1. The molecule has 0 aliphatic heterocycles. The van der Waals surface area contributed by atoms with Crippen LogP contribution in [0, 0.1) is 0 Å². The Morgan fingerprint density at radius 3 is 2.28 bits per heavy atom. The quantitative estimate of drug-likeness (QED) is 0.344. The minimum atomic E-state index is -3.67. The predicted octanol–water partition coefficient (Wildman–Crippen LogP) is 4.69. The Labute approximate surface area is 187 Å². The van der Waals surface area contributed by atoms with Gasteiger partial charge in [-0.15, -0.1) is 11.3 Å². The number of ether oxygens (including phenoxy) is 1. The molecular formula is C21H19F2N3O4S2. The van der Waals surface area contributed by atoms with Gasteiger partial charge in [-0.25, -0.2) is 13.8 Å². The van der Waals surface area contributed by atoms with E-state index in [0.717, 1.165) is 11.3 Å². The summed E-state index contributed by atoms with van der Waals surface area (Å²) in [4.78, 5) is 12.4. The first kappa shape index (κ1) is 23.4. The molecule has 0 saturated carbocycles. The number of sulfonamides is 1. The third-order valence-electron chi connectivity index (χ3n) is 4.20. The van der Waals surface area contributed by atoms with Crippen LogP contribution in [-0.4, -0.2) is 26.6 Å². The number of alkyl halides is 2. The smallest absolute Gasteiger partial charge is 0.387 e. The van der Waals surface area contributed by atoms with Crippen LogP contribution in [0.3, 0.4) is 0 Å². The van der Waals surface area contributed by atoms with Gasteiger partial charge in [0.15, 0.2) is 0 Å². The number of thiophene rings is 1. The number of carbonyl (C=O) groups excluding carboxylic acids is 1. The Morgan fingerprint density at radius 2 is 1.72 bits per heavy atom. The van der Waals surface area contributed by atoms with Crippen molar-refractivity contribution >= 4 is 38.7 Å². The lowest BCUT2D eigenvalue weighted by atomic mass is 10.1. The average Bonchev–Trinajstić information content (AvgIpc) is 3.31. The highest BCUT2D eigenvalue weighted by atomic mass is 32.2. The van der Waals surface area contributed by atoms with Crippen LogP contribution in [0.5, 0.6) is 5.75 Å². The number of benzene rings is 2. The Morgan fingerprint density at radius 1 is 1.06 bits per heavy atom. The molecule has 0 radical (unpaired) electrons. The SMILES string of the molecule is CC/C(=N/NC(=O)c1ccc(NS(=O)(=O)c2cccs2)cc1)c1ccc(OC(F)F)cc1. The van der Waals surface area contributed by atoms with E-state index < -0.39 is 22.5 Å². The molecule has 3 aromatic rings. The van der Waals surface area contributed by atoms with Crippen LogP contribution in [0.15, 0.2) is 75.4 Å². The lowest BCUT2D eigenvalue weighted by molar-refractivity contribution is -0.0498. The third kappa shape index (κ3) is 6.11. The summed E-state index contributed by atoms with van der Waals surface area (Å²) in [5.41, 5.74) is 4.24. The molecule has 32 heavy (non-hydrogen) atoms. The van der Waals surface area contributed by atoms with Crippen LogP contribution in [0.2, 0.25) is 0 Å². The number of rotatable bonds is 9. The van der Waals surface area contributed by atoms with Gasteiger partial charge in [-0.05, 0) is 72.0 Å². The van der Waals surface area contributed by atoms with Gasteiger partial charge in [-0.3, -0.25) is 9.52 Å². The number of anilines is 1. The molecule has 7 nitrogen and oxygen atoms in total. The Kier molecular flexibility index (Phi) is 7.54. The van der Waals surface area contributed by atoms with Gasteiger partial charge in [0.2, 0.25) is 0 Å². The summed E-state index contributed by atoms with van der Waals surface area (Å²) in [6.45, 7) is -1.07. The van der Waals surface area contributed by atoms with Crippen LogP contribution in [0.1, 0.15) is 29.3 Å². The van der Waals surface area contributed by atoms with Crippen molar-refractivity contribution < 1.29 is 26.7 Å². The number of halogens is 2. The first-order chi connectivity index (χ1) is 15.3. The van der Waals surface area contributed by atoms with Gasteiger partial charge in [0.05, 0.1) is 5.71 Å². The lowest BCUT2D eigenvalue weighted by Gasteiger charge is -2.09. The van der Waals surface area contributed by atoms with E-state index >= 15 is 0 Å². The zero-order valence-corrected chi connectivity index (χ0v) is 18.4. The fourth-order valence-electron chi connectivity index (χ4n) is 2.67. The van der Waals surface area contributed by atoms with E-state index in [2.05, 4.69) is 20.0 Å². The lowest BCUT2D eigenvalue weighted by Crippen LogP contribution is -2.20. The van der Waals surface area contributed by atoms with Crippen molar-refractivity contribution in [1.82, 2.24) is 5.43 Å². The highest BCUT2D eigenvalue weighted by molar-refractivity contribution is 7.94. The summed E-state index contributed by atoms with van der Waals surface area (Å²) < 4.78 is 56.0. The van der Waals surface area contributed by atoms with Gasteiger partial charge in [-0.2, -0.15) is 13.9 Å². The van der Waals surface area contributed by atoms with E-state index in [1.807, 2.05) is 6.92 Å². The highest BCUT2D eigenvalue weighted by Gasteiger charge is 2.15. The maximum Gasteiger partial charge on any atom is 0.387 e. The van der Waals surface area contributed by atoms with E-state index in [-0.39, 0.29) is 15.5 Å². The molecule has 3 rings (SSSR count). The van der Waals surface area contributed by atoms with E-state index in [0.29, 0.717) is 23.4 Å². The number of carbonyl (C=O) groups is 1. The summed E-state index contributed by atoms with van der Waals surface area (Å²) in [7, 11) is -3.67. The molecule has 1 heterocycles. The summed E-state index contributed by atoms with van der Waals surface area (Å²) in [5.74, 6) is -0.459. The van der Waals surface area contributed by atoms with Crippen molar-refractivity contribution in [2.24, 2.45) is 5.10 Å². The molecule has 168 valence electrons. The van der Waals surface area contributed by atoms with Gasteiger partial charge >= 0.3 is 6.61 Å². The third-order valence-corrected chi connectivity index (χ3v) is 6.98. The number of hydrogen-bond acceptors (Lipinski definition) is 6. The molecule has 1 aromatic heterocycles. The normalized spacial score (nSPS) is 11.9. The molecule has 0 saturated heterocycles. The topological polar surface area (TPSA) is 96.9 Å². The zero-order chi connectivity index (χ0) is 23.1. The van der Waals surface area contributed by atoms with Crippen LogP contribution >= 0.6 is 11.3 Å². The van der Waals surface area contributed by atoms with E-state index in [4.69, 9.17) is 0 Å². The van der Waals surface area contributed by atoms with E-state index in [1.54, 1.807) is 23.6 Å². The molecule has 0 spiro atoms. The number of nitrogens with one attached hydrogen (secondary N) is 2. The molecule has 0 atom stereocenters. The zero-order valence-electron chi connectivity index (χ0n) is 16.8. The van der Waals surface area contributed by atoms with Crippen molar-refractivity contribution in [3.05, 3.63) is 77.2 Å². The van der Waals surface area contributed by atoms with Crippen molar-refractivity contribution in [2.75, 3.05) is 4.72 Å². The second-order valence-electron chi connectivity index (χ2n) is 6.37. The van der Waals surface area contributed by atoms with E-state index in [9.17, 15) is 22.0 Å². The van der Waals surface area contributed by atoms with Crippen LogP contribution in [0.25, 0.3) is 0 Å². The number of hydrazone groups is 1. The fourth-order valence-corrected chi connectivity index (χ4v) is 4.72. The molecule has 0 unspecified atom stereocenters. The summed E-state index contributed by atoms with van der Waals surface area (Å²) >= 11 is 1.10. The maximum atomic E-state index is 12.4. The van der Waals surface area contributed by atoms with Crippen molar-refractivity contribution in [3.8, 4) is 5.75 Å². The first-order valence-corrected chi connectivity index (χ1v) is 11.7. The molecule has 0 fully saturated rings. The standard InChI is InChI=1S/C21H19F2N3O4S2/c1-2-18(14-7-11-17(12-8-14)30-21(22)23)24-25-20(27)15-5-9-16(10-6-15)26-32(28,29)19-4-3-13-31-19/h3-13,21,26H,2H2,1H3,(H,25,27)/b24-18-. The summed E-state index contributed by atoms with van der Waals surface area (Å²) in [6, 6.07) is 15.0. The van der Waals surface area contributed by atoms with Crippen molar-refractivity contribution in [1.29, 1.82) is 0 Å². The molecule has 11 heteroatoms. The fraction of sp³-hybridized carbons (Fsp3) is 0.143. The van der Waals surface area contributed by atoms with Gasteiger partial charge in [0.25, 0.3) is 15.9 Å². The van der Waals surface area contributed by atoms with Gasteiger partial charge in [0, 0.05) is 11.3 Å². The second kappa shape index (κ2) is 10.3. The molecule has 0 aliphatic rings. The van der Waals surface area contributed by atoms with Crippen molar-refractivity contribution in [3.63, 3.8) is 0 Å². The predicted molar refractivity (Wildman–Crippen MR) is 119 cm³/mol. The van der Waals surface area contributed by atoms with Crippen molar-refractivity contribution in [2.45, 2.75) is 24.2 Å². The highest BCUT2D eigenvalue weighted by Crippen LogP contribution is 2.20. The minimum Gasteiger partial charge on any atom is -0.435 e. The van der Waals surface area contributed by atoms with Crippen LogP contribution < -0.4 is 14.9 Å².